The predicted octanol–water partition coefficient (Wildman–Crippen LogP) is 0.681. The topological polar surface area (TPSA) is 46.2 Å². The fourth-order valence-corrected chi connectivity index (χ4v) is 1.53. The van der Waals surface area contributed by atoms with Crippen molar-refractivity contribution in [1.29, 1.82) is 0 Å². The van der Waals surface area contributed by atoms with Crippen LogP contribution in [0.4, 0.5) is 0 Å². The van der Waals surface area contributed by atoms with Gasteiger partial charge in [-0.05, 0) is 20.3 Å². The number of thiol groups is 1. The Morgan fingerprint density at radius 3 is 2.20 bits per heavy atom. The molecular weight excluding hydrogens is 150 g/mol. The summed E-state index contributed by atoms with van der Waals surface area (Å²) < 4.78 is 22.9. The van der Waals surface area contributed by atoms with E-state index >= 15 is 0 Å². The Morgan fingerprint density at radius 2 is 1.90 bits per heavy atom. The van der Waals surface area contributed by atoms with Crippen molar-refractivity contribution in [1.82, 2.24) is 4.72 Å². The second kappa shape index (κ2) is 3.93. The second-order valence-electron chi connectivity index (χ2n) is 3.00. The molecule has 0 saturated heterocycles. The van der Waals surface area contributed by atoms with E-state index in [-0.39, 0.29) is 5.54 Å². The summed E-state index contributed by atoms with van der Waals surface area (Å²) in [7, 11) is -2.45. The van der Waals surface area contributed by atoms with Gasteiger partial charge in [0.05, 0.1) is 0 Å². The van der Waals surface area contributed by atoms with Crippen molar-refractivity contribution in [3.05, 3.63) is 0 Å². The van der Waals surface area contributed by atoms with Crippen LogP contribution >= 0.6 is 0 Å². The normalized spacial score (nSPS) is 12.4. The van der Waals surface area contributed by atoms with Gasteiger partial charge in [-0.1, -0.05) is 13.3 Å². The van der Waals surface area contributed by atoms with E-state index in [1.165, 1.54) is 0 Å². The highest BCUT2D eigenvalue weighted by Crippen LogP contribution is 2.09. The van der Waals surface area contributed by atoms with Crippen LogP contribution in [0.5, 0.6) is 0 Å². The molecule has 0 aliphatic carbocycles. The molecule has 0 heterocycles. The molecule has 0 rings (SSSR count). The molecule has 0 amide bonds. The van der Waals surface area contributed by atoms with Gasteiger partial charge in [-0.3, -0.25) is 0 Å². The fourth-order valence-electron chi connectivity index (χ4n) is 0.928. The van der Waals surface area contributed by atoms with Crippen LogP contribution in [0.3, 0.4) is 0 Å². The van der Waals surface area contributed by atoms with Gasteiger partial charge in [0, 0.05) is 5.54 Å². The first kappa shape index (κ1) is 9.91. The minimum absolute atomic E-state index is 0.274. The lowest BCUT2D eigenvalue weighted by molar-refractivity contribution is 0.423. The third-order valence-electron chi connectivity index (χ3n) is 1.27. The van der Waals surface area contributed by atoms with Gasteiger partial charge in [-0.2, -0.15) is 0 Å². The van der Waals surface area contributed by atoms with Crippen LogP contribution < -0.4 is 4.72 Å². The smallest absolute Gasteiger partial charge is 0.201 e. The van der Waals surface area contributed by atoms with E-state index in [9.17, 15) is 8.42 Å². The van der Waals surface area contributed by atoms with Gasteiger partial charge in [0.1, 0.15) is 0 Å². The summed E-state index contributed by atoms with van der Waals surface area (Å²) in [5.41, 5.74) is -0.274. The third-order valence-corrected chi connectivity index (χ3v) is 2.06. The lowest BCUT2D eigenvalue weighted by Crippen LogP contribution is -2.37. The molecule has 0 aromatic rings. The summed E-state index contributed by atoms with van der Waals surface area (Å²) in [6.07, 6.45) is 1.86. The maximum absolute atomic E-state index is 10.2. The van der Waals surface area contributed by atoms with Crippen LogP contribution in [-0.2, 0) is 10.9 Å². The van der Waals surface area contributed by atoms with Crippen molar-refractivity contribution in [2.45, 2.75) is 39.2 Å². The average Bonchev–Trinajstić information content (AvgIpc) is 1.59. The molecule has 0 radical (unpaired) electrons. The first-order valence-corrected chi connectivity index (χ1v) is 4.58. The van der Waals surface area contributed by atoms with Crippen molar-refractivity contribution >= 4 is 10.9 Å². The van der Waals surface area contributed by atoms with Gasteiger partial charge in [-0.15, -0.1) is 0 Å². The molecule has 0 fully saturated rings. The van der Waals surface area contributed by atoms with Crippen LogP contribution in [0.15, 0.2) is 0 Å². The molecule has 0 unspecified atom stereocenters. The van der Waals surface area contributed by atoms with Crippen molar-refractivity contribution < 1.29 is 8.42 Å². The quantitative estimate of drug-likeness (QED) is 0.602. The van der Waals surface area contributed by atoms with E-state index in [2.05, 4.69) is 4.72 Å². The summed E-state index contributed by atoms with van der Waals surface area (Å²) >= 11 is 0. The van der Waals surface area contributed by atoms with Crippen molar-refractivity contribution in [3.63, 3.8) is 0 Å². The predicted molar refractivity (Wildman–Crippen MR) is 42.4 cm³/mol. The second-order valence-corrected chi connectivity index (χ2v) is 3.74. The molecule has 0 aliphatic heterocycles. The van der Waals surface area contributed by atoms with Crippen LogP contribution in [0.1, 0.15) is 33.6 Å². The Hall–Kier alpha value is -0.0900. The number of hydrogen-bond donors (Lipinski definition) is 2. The van der Waals surface area contributed by atoms with Crippen LogP contribution in [-0.4, -0.2) is 14.0 Å². The molecular formula is C6H15NO2S. The molecule has 0 spiro atoms. The maximum Gasteiger partial charge on any atom is 0.201 e. The van der Waals surface area contributed by atoms with Gasteiger partial charge >= 0.3 is 0 Å². The molecule has 0 aromatic carbocycles. The zero-order valence-electron chi connectivity index (χ0n) is 6.68. The minimum Gasteiger partial charge on any atom is -0.215 e. The SMILES string of the molecule is CCCC(C)(C)N[SH](=O)=O. The van der Waals surface area contributed by atoms with Gasteiger partial charge in [0.25, 0.3) is 0 Å². The maximum atomic E-state index is 10.2. The molecule has 10 heavy (non-hydrogen) atoms. The Labute approximate surface area is 63.9 Å². The summed E-state index contributed by atoms with van der Waals surface area (Å²) in [6, 6.07) is 0. The van der Waals surface area contributed by atoms with Crippen LogP contribution in [0.25, 0.3) is 0 Å². The highest BCUT2D eigenvalue weighted by molar-refractivity contribution is 7.70. The van der Waals surface area contributed by atoms with Gasteiger partial charge in [0.2, 0.25) is 10.9 Å². The van der Waals surface area contributed by atoms with E-state index in [0.29, 0.717) is 0 Å². The molecule has 3 nitrogen and oxygen atoms in total. The minimum atomic E-state index is -2.45. The number of rotatable bonds is 4. The van der Waals surface area contributed by atoms with E-state index in [1.54, 1.807) is 0 Å². The van der Waals surface area contributed by atoms with E-state index in [1.807, 2.05) is 20.8 Å². The van der Waals surface area contributed by atoms with E-state index < -0.39 is 10.9 Å². The standard InChI is InChI=1S/C6H15NO2S/c1-4-5-6(2,3)7-10(8)9/h10H,4-5H2,1-3H3,(H,7,8,9). The summed E-state index contributed by atoms with van der Waals surface area (Å²) in [6.45, 7) is 5.78. The Bertz CT molecular complexity index is 155. The highest BCUT2D eigenvalue weighted by atomic mass is 32.2. The summed E-state index contributed by atoms with van der Waals surface area (Å²) in [5, 5.41) is 0. The lowest BCUT2D eigenvalue weighted by Gasteiger charge is -2.21. The monoisotopic (exact) mass is 165 g/mol. The molecule has 0 bridgehead atoms. The Kier molecular flexibility index (Phi) is 3.89. The molecule has 62 valence electrons. The zero-order chi connectivity index (χ0) is 8.20. The molecule has 0 aliphatic rings. The first-order chi connectivity index (χ1) is 4.48. The first-order valence-electron chi connectivity index (χ1n) is 3.40. The Balaban J connectivity index is 3.85. The number of nitrogens with one attached hydrogen (secondary N) is 1. The summed E-state index contributed by atoms with van der Waals surface area (Å²) in [5.74, 6) is 0. The molecule has 0 atom stereocenters. The largest absolute Gasteiger partial charge is 0.215 e. The Morgan fingerprint density at radius 1 is 1.40 bits per heavy atom. The van der Waals surface area contributed by atoms with Gasteiger partial charge in [-0.25, -0.2) is 13.1 Å². The average molecular weight is 165 g/mol. The van der Waals surface area contributed by atoms with Gasteiger partial charge < -0.3 is 0 Å². The lowest BCUT2D eigenvalue weighted by atomic mass is 10.0. The molecule has 0 aromatic heterocycles. The molecule has 0 saturated carbocycles. The fraction of sp³-hybridized carbons (Fsp3) is 1.00. The third kappa shape index (κ3) is 4.76. The van der Waals surface area contributed by atoms with Crippen LogP contribution in [0.2, 0.25) is 0 Å². The van der Waals surface area contributed by atoms with E-state index in [0.717, 1.165) is 12.8 Å². The zero-order valence-corrected chi connectivity index (χ0v) is 7.57. The van der Waals surface area contributed by atoms with E-state index in [4.69, 9.17) is 0 Å². The summed E-state index contributed by atoms with van der Waals surface area (Å²) in [4.78, 5) is 0. The van der Waals surface area contributed by atoms with Crippen LogP contribution in [0, 0.1) is 0 Å². The van der Waals surface area contributed by atoms with Gasteiger partial charge in [0.15, 0.2) is 0 Å². The van der Waals surface area contributed by atoms with Crippen molar-refractivity contribution in [3.8, 4) is 0 Å². The number of hydrogen-bond acceptors (Lipinski definition) is 2. The molecule has 1 N–H and O–H groups in total. The highest BCUT2D eigenvalue weighted by Gasteiger charge is 2.15. The van der Waals surface area contributed by atoms with Crippen molar-refractivity contribution in [2.24, 2.45) is 0 Å². The van der Waals surface area contributed by atoms with Crippen molar-refractivity contribution in [2.75, 3.05) is 0 Å². The molecule has 4 heteroatoms.